The Balaban J connectivity index is 1.40. The van der Waals surface area contributed by atoms with Crippen molar-refractivity contribution in [3.05, 3.63) is 89.9 Å². The number of anilines is 1. The molecule has 0 spiro atoms. The lowest BCUT2D eigenvalue weighted by atomic mass is 10.0. The van der Waals surface area contributed by atoms with Gasteiger partial charge < -0.3 is 14.6 Å². The van der Waals surface area contributed by atoms with Gasteiger partial charge in [-0.2, -0.15) is 0 Å². The molecule has 1 fully saturated rings. The molecule has 1 aliphatic heterocycles. The van der Waals surface area contributed by atoms with Crippen LogP contribution in [0.1, 0.15) is 47.0 Å². The maximum absolute atomic E-state index is 13.2. The van der Waals surface area contributed by atoms with Crippen molar-refractivity contribution >= 4 is 17.5 Å². The average molecular weight is 418 g/mol. The van der Waals surface area contributed by atoms with E-state index in [-0.39, 0.29) is 23.6 Å². The highest BCUT2D eigenvalue weighted by Crippen LogP contribution is 2.20. The quantitative estimate of drug-likeness (QED) is 0.598. The molecule has 2 aromatic carbocycles. The van der Waals surface area contributed by atoms with Crippen molar-refractivity contribution in [3.8, 4) is 0 Å². The van der Waals surface area contributed by atoms with Crippen LogP contribution in [0.15, 0.2) is 77.4 Å². The molecule has 0 bridgehead atoms. The SMILES string of the molecule is O=C(Nc1ccc(CNC(C(=O)N2CCCCC2)c2ccccc2)cc1)c1ccco1. The summed E-state index contributed by atoms with van der Waals surface area (Å²) in [7, 11) is 0. The van der Waals surface area contributed by atoms with Crippen molar-refractivity contribution in [2.45, 2.75) is 31.8 Å². The van der Waals surface area contributed by atoms with Crippen LogP contribution in [0.25, 0.3) is 0 Å². The Kier molecular flexibility index (Phi) is 6.79. The molecule has 0 saturated carbocycles. The second-order valence-corrected chi connectivity index (χ2v) is 7.74. The van der Waals surface area contributed by atoms with E-state index in [4.69, 9.17) is 4.42 Å². The van der Waals surface area contributed by atoms with Crippen LogP contribution < -0.4 is 10.6 Å². The number of hydrogen-bond donors (Lipinski definition) is 2. The molecular weight excluding hydrogens is 390 g/mol. The molecule has 0 radical (unpaired) electrons. The van der Waals surface area contributed by atoms with Gasteiger partial charge in [-0.15, -0.1) is 0 Å². The lowest BCUT2D eigenvalue weighted by Crippen LogP contribution is -2.43. The minimum atomic E-state index is -0.377. The molecule has 31 heavy (non-hydrogen) atoms. The van der Waals surface area contributed by atoms with Crippen molar-refractivity contribution in [3.63, 3.8) is 0 Å². The first-order chi connectivity index (χ1) is 15.2. The highest BCUT2D eigenvalue weighted by atomic mass is 16.3. The third-order valence-electron chi connectivity index (χ3n) is 5.51. The van der Waals surface area contributed by atoms with E-state index in [9.17, 15) is 9.59 Å². The van der Waals surface area contributed by atoms with Crippen LogP contribution >= 0.6 is 0 Å². The first-order valence-electron chi connectivity index (χ1n) is 10.7. The van der Waals surface area contributed by atoms with Crippen LogP contribution in [-0.4, -0.2) is 29.8 Å². The smallest absolute Gasteiger partial charge is 0.291 e. The van der Waals surface area contributed by atoms with Gasteiger partial charge in [0.1, 0.15) is 6.04 Å². The van der Waals surface area contributed by atoms with Crippen LogP contribution in [0.5, 0.6) is 0 Å². The maximum Gasteiger partial charge on any atom is 0.291 e. The monoisotopic (exact) mass is 417 g/mol. The van der Waals surface area contributed by atoms with E-state index in [0.29, 0.717) is 12.2 Å². The van der Waals surface area contributed by atoms with Crippen LogP contribution in [0.3, 0.4) is 0 Å². The summed E-state index contributed by atoms with van der Waals surface area (Å²) in [6, 6.07) is 20.4. The summed E-state index contributed by atoms with van der Waals surface area (Å²) < 4.78 is 5.11. The van der Waals surface area contributed by atoms with Gasteiger partial charge in [0.2, 0.25) is 5.91 Å². The summed E-state index contributed by atoms with van der Waals surface area (Å²) in [5.74, 6) is 0.119. The minimum Gasteiger partial charge on any atom is -0.459 e. The molecule has 3 aromatic rings. The number of piperidine rings is 1. The summed E-state index contributed by atoms with van der Waals surface area (Å²) in [5, 5.41) is 6.25. The Labute approximate surface area is 182 Å². The number of nitrogens with zero attached hydrogens (tertiary/aromatic N) is 1. The van der Waals surface area contributed by atoms with Crippen LogP contribution in [-0.2, 0) is 11.3 Å². The molecule has 1 atom stereocenters. The van der Waals surface area contributed by atoms with Crippen molar-refractivity contribution in [1.29, 1.82) is 0 Å². The number of amides is 2. The molecule has 4 rings (SSSR count). The summed E-state index contributed by atoms with van der Waals surface area (Å²) in [6.07, 6.45) is 4.80. The molecule has 2 amide bonds. The van der Waals surface area contributed by atoms with E-state index in [1.165, 1.54) is 12.7 Å². The van der Waals surface area contributed by atoms with Gasteiger partial charge in [0.05, 0.1) is 6.26 Å². The van der Waals surface area contributed by atoms with Gasteiger partial charge in [-0.1, -0.05) is 42.5 Å². The number of carbonyl (C=O) groups excluding carboxylic acids is 2. The standard InChI is InChI=1S/C25H27N3O3/c29-24(22-10-7-17-31-22)27-21-13-11-19(12-14-21)18-26-23(20-8-3-1-4-9-20)25(30)28-15-5-2-6-16-28/h1,3-4,7-14,17,23,26H,2,5-6,15-16,18H2,(H,27,29). The molecule has 2 heterocycles. The average Bonchev–Trinajstić information content (AvgIpc) is 3.37. The number of furan rings is 1. The highest BCUT2D eigenvalue weighted by molar-refractivity contribution is 6.02. The van der Waals surface area contributed by atoms with E-state index >= 15 is 0 Å². The molecule has 2 N–H and O–H groups in total. The Hall–Kier alpha value is -3.38. The zero-order valence-corrected chi connectivity index (χ0v) is 17.4. The largest absolute Gasteiger partial charge is 0.459 e. The molecule has 1 aliphatic rings. The second-order valence-electron chi connectivity index (χ2n) is 7.74. The summed E-state index contributed by atoms with van der Waals surface area (Å²) in [6.45, 7) is 2.20. The minimum absolute atomic E-state index is 0.133. The first kappa shape index (κ1) is 20.9. The summed E-state index contributed by atoms with van der Waals surface area (Å²) in [5.41, 5.74) is 2.69. The molecule has 6 nitrogen and oxygen atoms in total. The lowest BCUT2D eigenvalue weighted by Gasteiger charge is -2.31. The number of hydrogen-bond acceptors (Lipinski definition) is 4. The fraction of sp³-hybridized carbons (Fsp3) is 0.280. The fourth-order valence-corrected chi connectivity index (χ4v) is 3.82. The van der Waals surface area contributed by atoms with Gasteiger partial charge in [0.15, 0.2) is 5.76 Å². The Bertz CT molecular complexity index is 979. The van der Waals surface area contributed by atoms with Crippen molar-refractivity contribution in [2.75, 3.05) is 18.4 Å². The van der Waals surface area contributed by atoms with E-state index in [1.54, 1.807) is 12.1 Å². The zero-order chi connectivity index (χ0) is 21.5. The fourth-order valence-electron chi connectivity index (χ4n) is 3.82. The van der Waals surface area contributed by atoms with Crippen molar-refractivity contribution in [2.24, 2.45) is 0 Å². The number of nitrogens with one attached hydrogen (secondary N) is 2. The first-order valence-corrected chi connectivity index (χ1v) is 10.7. The topological polar surface area (TPSA) is 74.6 Å². The normalized spacial score (nSPS) is 14.8. The van der Waals surface area contributed by atoms with Gasteiger partial charge in [-0.05, 0) is 54.7 Å². The summed E-state index contributed by atoms with van der Waals surface area (Å²) in [4.78, 5) is 27.3. The van der Waals surface area contributed by atoms with E-state index in [0.717, 1.165) is 37.1 Å². The Morgan fingerprint density at radius 3 is 2.32 bits per heavy atom. The Morgan fingerprint density at radius 2 is 1.65 bits per heavy atom. The van der Waals surface area contributed by atoms with Gasteiger partial charge in [-0.25, -0.2) is 0 Å². The van der Waals surface area contributed by atoms with E-state index in [2.05, 4.69) is 10.6 Å². The number of rotatable bonds is 7. The molecule has 1 aromatic heterocycles. The summed E-state index contributed by atoms with van der Waals surface area (Å²) >= 11 is 0. The molecule has 0 aliphatic carbocycles. The second kappa shape index (κ2) is 10.1. The predicted molar refractivity (Wildman–Crippen MR) is 120 cm³/mol. The molecule has 160 valence electrons. The van der Waals surface area contributed by atoms with Gasteiger partial charge in [0, 0.05) is 25.3 Å². The van der Waals surface area contributed by atoms with Gasteiger partial charge >= 0.3 is 0 Å². The van der Waals surface area contributed by atoms with Crippen molar-refractivity contribution < 1.29 is 14.0 Å². The molecule has 1 unspecified atom stereocenters. The number of likely N-dealkylation sites (tertiary alicyclic amines) is 1. The third-order valence-corrected chi connectivity index (χ3v) is 5.51. The lowest BCUT2D eigenvalue weighted by molar-refractivity contribution is -0.134. The van der Waals surface area contributed by atoms with Crippen LogP contribution in [0.2, 0.25) is 0 Å². The zero-order valence-electron chi connectivity index (χ0n) is 17.4. The molecule has 6 heteroatoms. The van der Waals surface area contributed by atoms with Gasteiger partial charge in [-0.3, -0.25) is 14.9 Å². The van der Waals surface area contributed by atoms with E-state index in [1.807, 2.05) is 59.5 Å². The predicted octanol–water partition coefficient (Wildman–Crippen LogP) is 4.38. The molecular formula is C25H27N3O3. The van der Waals surface area contributed by atoms with Crippen LogP contribution in [0.4, 0.5) is 5.69 Å². The van der Waals surface area contributed by atoms with Crippen molar-refractivity contribution in [1.82, 2.24) is 10.2 Å². The third kappa shape index (κ3) is 5.41. The number of carbonyl (C=O) groups is 2. The number of benzene rings is 2. The molecule has 1 saturated heterocycles. The maximum atomic E-state index is 13.2. The Morgan fingerprint density at radius 1 is 0.903 bits per heavy atom. The van der Waals surface area contributed by atoms with E-state index < -0.39 is 0 Å². The van der Waals surface area contributed by atoms with Gasteiger partial charge in [0.25, 0.3) is 5.91 Å². The highest BCUT2D eigenvalue weighted by Gasteiger charge is 2.26. The van der Waals surface area contributed by atoms with Crippen LogP contribution in [0, 0.1) is 0 Å².